The summed E-state index contributed by atoms with van der Waals surface area (Å²) in [6, 6.07) is 1.19. The Balaban J connectivity index is 1.55. The van der Waals surface area contributed by atoms with Crippen molar-refractivity contribution in [2.45, 2.75) is 50.6 Å². The van der Waals surface area contributed by atoms with Gasteiger partial charge < -0.3 is 10.4 Å². The molecular formula is C17H24N4O2. The Kier molecular flexibility index (Phi) is 5.23. The van der Waals surface area contributed by atoms with E-state index in [2.05, 4.69) is 20.2 Å². The summed E-state index contributed by atoms with van der Waals surface area (Å²) in [5.74, 6) is -0.223. The number of nitrogens with zero attached hydrogens (tertiary/aromatic N) is 3. The van der Waals surface area contributed by atoms with Gasteiger partial charge >= 0.3 is 5.97 Å². The van der Waals surface area contributed by atoms with Crippen LogP contribution in [-0.2, 0) is 4.79 Å². The van der Waals surface area contributed by atoms with Gasteiger partial charge in [-0.3, -0.25) is 9.88 Å². The second kappa shape index (κ2) is 7.55. The maximum atomic E-state index is 10.5. The molecule has 1 aliphatic carbocycles. The van der Waals surface area contributed by atoms with E-state index in [0.29, 0.717) is 11.7 Å². The molecule has 6 nitrogen and oxygen atoms in total. The van der Waals surface area contributed by atoms with E-state index in [1.54, 1.807) is 12.4 Å². The van der Waals surface area contributed by atoms with Gasteiger partial charge in [-0.05, 0) is 38.3 Å². The topological polar surface area (TPSA) is 78.3 Å². The molecule has 124 valence electrons. The third-order valence-corrected chi connectivity index (χ3v) is 4.71. The van der Waals surface area contributed by atoms with Crippen LogP contribution in [0.4, 0.5) is 5.82 Å². The second-order valence-electron chi connectivity index (χ2n) is 6.41. The third kappa shape index (κ3) is 4.51. The number of carboxylic acids is 1. The fourth-order valence-electron chi connectivity index (χ4n) is 3.59. The average Bonchev–Trinajstić information content (AvgIpc) is 3.09. The van der Waals surface area contributed by atoms with Crippen molar-refractivity contribution in [1.29, 1.82) is 0 Å². The van der Waals surface area contributed by atoms with Gasteiger partial charge in [-0.25, -0.2) is 9.78 Å². The molecule has 1 saturated heterocycles. The van der Waals surface area contributed by atoms with Gasteiger partial charge in [-0.2, -0.15) is 0 Å². The minimum atomic E-state index is -0.983. The number of piperidine rings is 1. The van der Waals surface area contributed by atoms with Crippen molar-refractivity contribution in [3.8, 4) is 0 Å². The van der Waals surface area contributed by atoms with Crippen LogP contribution >= 0.6 is 0 Å². The number of carbonyl (C=O) groups is 1. The maximum Gasteiger partial charge on any atom is 0.328 e. The molecule has 3 rings (SSSR count). The number of carboxylic acid groups (broad SMARTS) is 1. The summed E-state index contributed by atoms with van der Waals surface area (Å²) in [6.45, 7) is 2.29. The predicted molar refractivity (Wildman–Crippen MR) is 89.2 cm³/mol. The average molecular weight is 316 g/mol. The van der Waals surface area contributed by atoms with Crippen molar-refractivity contribution in [3.05, 3.63) is 24.2 Å². The van der Waals surface area contributed by atoms with Gasteiger partial charge in [-0.15, -0.1) is 0 Å². The standard InChI is InChI=1S/C17H24N4O2/c22-17(23)8-7-13-10-19-16(11-18-13)20-14-4-3-9-21(12-14)15-5-1-2-6-15/h7-8,10-11,14-15H,1-6,9,12H2,(H,19,20)(H,22,23)/b8-7+/t14-/m1/s1. The molecule has 0 radical (unpaired) electrons. The van der Waals surface area contributed by atoms with Gasteiger partial charge in [0.05, 0.1) is 18.1 Å². The van der Waals surface area contributed by atoms with E-state index in [1.807, 2.05) is 0 Å². The van der Waals surface area contributed by atoms with Crippen molar-refractivity contribution in [2.24, 2.45) is 0 Å². The molecule has 6 heteroatoms. The zero-order chi connectivity index (χ0) is 16.1. The van der Waals surface area contributed by atoms with Crippen molar-refractivity contribution in [1.82, 2.24) is 14.9 Å². The zero-order valence-electron chi connectivity index (χ0n) is 13.3. The summed E-state index contributed by atoms with van der Waals surface area (Å²) in [5, 5.41) is 12.1. The number of hydrogen-bond acceptors (Lipinski definition) is 5. The summed E-state index contributed by atoms with van der Waals surface area (Å²) in [5.41, 5.74) is 0.550. The van der Waals surface area contributed by atoms with Crippen molar-refractivity contribution >= 4 is 17.9 Å². The van der Waals surface area contributed by atoms with Crippen LogP contribution in [-0.4, -0.2) is 51.1 Å². The molecule has 1 aromatic rings. The number of anilines is 1. The quantitative estimate of drug-likeness (QED) is 0.812. The Hall–Kier alpha value is -1.95. The van der Waals surface area contributed by atoms with Crippen LogP contribution in [0, 0.1) is 0 Å². The van der Waals surface area contributed by atoms with E-state index in [4.69, 9.17) is 5.11 Å². The summed E-state index contributed by atoms with van der Waals surface area (Å²) >= 11 is 0. The maximum absolute atomic E-state index is 10.5. The first kappa shape index (κ1) is 15.9. The van der Waals surface area contributed by atoms with Crippen molar-refractivity contribution < 1.29 is 9.90 Å². The summed E-state index contributed by atoms with van der Waals surface area (Å²) in [6.07, 6.45) is 13.6. The zero-order valence-corrected chi connectivity index (χ0v) is 13.3. The van der Waals surface area contributed by atoms with Crippen LogP contribution in [0.1, 0.15) is 44.2 Å². The summed E-state index contributed by atoms with van der Waals surface area (Å²) in [7, 11) is 0. The molecule has 2 N–H and O–H groups in total. The largest absolute Gasteiger partial charge is 0.478 e. The first-order chi connectivity index (χ1) is 11.2. The molecule has 0 bridgehead atoms. The highest BCUT2D eigenvalue weighted by Gasteiger charge is 2.27. The van der Waals surface area contributed by atoms with E-state index in [9.17, 15) is 4.79 Å². The SMILES string of the molecule is O=C(O)/C=C/c1cnc(N[C@@H]2CCCN(C3CCCC3)C2)cn1. The molecule has 1 atom stereocenters. The molecule has 0 unspecified atom stereocenters. The van der Waals surface area contributed by atoms with Gasteiger partial charge in [0.25, 0.3) is 0 Å². The number of hydrogen-bond donors (Lipinski definition) is 2. The van der Waals surface area contributed by atoms with Gasteiger partial charge in [-0.1, -0.05) is 12.8 Å². The third-order valence-electron chi connectivity index (χ3n) is 4.71. The number of aliphatic carboxylic acids is 1. The van der Waals surface area contributed by atoms with Gasteiger partial charge in [0.1, 0.15) is 5.82 Å². The van der Waals surface area contributed by atoms with Crippen LogP contribution in [0.5, 0.6) is 0 Å². The lowest BCUT2D eigenvalue weighted by molar-refractivity contribution is -0.131. The first-order valence-corrected chi connectivity index (χ1v) is 8.44. The lowest BCUT2D eigenvalue weighted by atomic mass is 10.0. The Bertz CT molecular complexity index is 552. The molecule has 1 aliphatic heterocycles. The highest BCUT2D eigenvalue weighted by molar-refractivity contribution is 5.84. The van der Waals surface area contributed by atoms with Gasteiger partial charge in [0.15, 0.2) is 0 Å². The lowest BCUT2D eigenvalue weighted by Gasteiger charge is -2.37. The highest BCUT2D eigenvalue weighted by atomic mass is 16.4. The molecule has 0 amide bonds. The molecule has 23 heavy (non-hydrogen) atoms. The molecule has 1 aromatic heterocycles. The van der Waals surface area contributed by atoms with Crippen molar-refractivity contribution in [2.75, 3.05) is 18.4 Å². The van der Waals surface area contributed by atoms with Crippen LogP contribution in [0.25, 0.3) is 6.08 Å². The monoisotopic (exact) mass is 316 g/mol. The van der Waals surface area contributed by atoms with Gasteiger partial charge in [0.2, 0.25) is 0 Å². The van der Waals surface area contributed by atoms with E-state index >= 15 is 0 Å². The molecule has 2 aliphatic rings. The molecular weight excluding hydrogens is 292 g/mol. The van der Waals surface area contributed by atoms with Crippen molar-refractivity contribution in [3.63, 3.8) is 0 Å². The number of nitrogens with one attached hydrogen (secondary N) is 1. The smallest absolute Gasteiger partial charge is 0.328 e. The van der Waals surface area contributed by atoms with Crippen LogP contribution < -0.4 is 5.32 Å². The Labute approximate surface area is 136 Å². The number of likely N-dealkylation sites (tertiary alicyclic amines) is 1. The van der Waals surface area contributed by atoms with Crippen LogP contribution in [0.15, 0.2) is 18.5 Å². The predicted octanol–water partition coefficient (Wildman–Crippen LogP) is 2.39. The molecule has 1 saturated carbocycles. The van der Waals surface area contributed by atoms with E-state index in [-0.39, 0.29) is 0 Å². The molecule has 0 spiro atoms. The van der Waals surface area contributed by atoms with E-state index in [1.165, 1.54) is 44.7 Å². The van der Waals surface area contributed by atoms with Gasteiger partial charge in [0, 0.05) is 24.7 Å². The summed E-state index contributed by atoms with van der Waals surface area (Å²) in [4.78, 5) is 21.7. The fraction of sp³-hybridized carbons (Fsp3) is 0.588. The summed E-state index contributed by atoms with van der Waals surface area (Å²) < 4.78 is 0. The Morgan fingerprint density at radius 1 is 1.22 bits per heavy atom. The van der Waals surface area contributed by atoms with E-state index in [0.717, 1.165) is 30.9 Å². The second-order valence-corrected chi connectivity index (χ2v) is 6.41. The molecule has 2 fully saturated rings. The van der Waals surface area contributed by atoms with E-state index < -0.39 is 5.97 Å². The minimum absolute atomic E-state index is 0.416. The Morgan fingerprint density at radius 2 is 2.04 bits per heavy atom. The highest BCUT2D eigenvalue weighted by Crippen LogP contribution is 2.26. The minimum Gasteiger partial charge on any atom is -0.478 e. The Morgan fingerprint density at radius 3 is 2.74 bits per heavy atom. The molecule has 0 aromatic carbocycles. The fourth-order valence-corrected chi connectivity index (χ4v) is 3.59. The normalized spacial score (nSPS) is 23.4. The number of rotatable bonds is 5. The first-order valence-electron chi connectivity index (χ1n) is 8.44. The van der Waals surface area contributed by atoms with Crippen LogP contribution in [0.3, 0.4) is 0 Å². The molecule has 2 heterocycles. The lowest BCUT2D eigenvalue weighted by Crippen LogP contribution is -2.46. The van der Waals surface area contributed by atoms with Crippen LogP contribution in [0.2, 0.25) is 0 Å². The number of aromatic nitrogens is 2.